The third-order valence-electron chi connectivity index (χ3n) is 15.6. The summed E-state index contributed by atoms with van der Waals surface area (Å²) in [4.78, 5) is 15.0. The Kier molecular flexibility index (Phi) is 12.8. The molecule has 10 aromatic rings. The Labute approximate surface area is 440 Å². The minimum atomic E-state index is -0.00764. The molecular formula is C66H51BrIrN3. The van der Waals surface area contributed by atoms with E-state index in [0.29, 0.717) is 0 Å². The van der Waals surface area contributed by atoms with Crippen molar-refractivity contribution >= 4 is 15.9 Å². The summed E-state index contributed by atoms with van der Waals surface area (Å²) in [6, 6.07) is 74.6. The summed E-state index contributed by atoms with van der Waals surface area (Å²) in [5.74, 6) is 0. The fourth-order valence-corrected chi connectivity index (χ4v) is 10.8. The van der Waals surface area contributed by atoms with Gasteiger partial charge < -0.3 is 15.0 Å². The average molecular weight is 1160 g/mol. The Balaban J connectivity index is 0.00000582. The summed E-state index contributed by atoms with van der Waals surface area (Å²) in [6.07, 6.45) is 5.98. The van der Waals surface area contributed by atoms with Gasteiger partial charge in [0.1, 0.15) is 0 Å². The van der Waals surface area contributed by atoms with Gasteiger partial charge in [0.25, 0.3) is 0 Å². The summed E-state index contributed by atoms with van der Waals surface area (Å²) < 4.78 is 0.995. The van der Waals surface area contributed by atoms with Crippen LogP contribution in [0.15, 0.2) is 205 Å². The van der Waals surface area contributed by atoms with Crippen LogP contribution in [0.2, 0.25) is 0 Å². The van der Waals surface area contributed by atoms with Crippen molar-refractivity contribution in [2.24, 2.45) is 5.41 Å². The van der Waals surface area contributed by atoms with Crippen LogP contribution in [0.1, 0.15) is 52.7 Å². The molecular weight excluding hydrogens is 1110 g/mol. The maximum Gasteiger partial charge on any atom is 3.00 e. The second kappa shape index (κ2) is 19.0. The van der Waals surface area contributed by atoms with Crippen molar-refractivity contribution in [2.45, 2.75) is 52.4 Å². The molecule has 0 fully saturated rings. The van der Waals surface area contributed by atoms with Crippen LogP contribution in [0.5, 0.6) is 0 Å². The Morgan fingerprint density at radius 1 is 0.366 bits per heavy atom. The first-order valence-electron chi connectivity index (χ1n) is 23.9. The summed E-state index contributed by atoms with van der Waals surface area (Å²) in [6.45, 7) is 14.3. The number of rotatable bonds is 9. The molecule has 346 valence electrons. The Bertz CT molecular complexity index is 3560. The average Bonchev–Trinajstić information content (AvgIpc) is 3.51. The second-order valence-electron chi connectivity index (χ2n) is 20.0. The van der Waals surface area contributed by atoms with Gasteiger partial charge in [-0.15, -0.1) is 101 Å². The van der Waals surface area contributed by atoms with E-state index in [9.17, 15) is 0 Å². The van der Waals surface area contributed by atoms with Crippen molar-refractivity contribution < 1.29 is 20.1 Å². The van der Waals surface area contributed by atoms with E-state index in [4.69, 9.17) is 15.0 Å². The van der Waals surface area contributed by atoms with E-state index in [2.05, 4.69) is 215 Å². The molecule has 0 saturated heterocycles. The summed E-state index contributed by atoms with van der Waals surface area (Å²) in [5, 5.41) is 0. The molecule has 0 spiro atoms. The van der Waals surface area contributed by atoms with Crippen LogP contribution in [0, 0.1) is 23.6 Å². The van der Waals surface area contributed by atoms with Gasteiger partial charge in [0.15, 0.2) is 0 Å². The summed E-state index contributed by atoms with van der Waals surface area (Å²) in [7, 11) is 0. The van der Waals surface area contributed by atoms with Crippen molar-refractivity contribution in [1.82, 2.24) is 15.0 Å². The number of nitrogens with zero attached hydrogens (tertiary/aromatic N) is 3. The van der Waals surface area contributed by atoms with Crippen molar-refractivity contribution in [3.8, 4) is 101 Å². The van der Waals surface area contributed by atoms with Crippen LogP contribution in [0.3, 0.4) is 0 Å². The Morgan fingerprint density at radius 3 is 1.17 bits per heavy atom. The van der Waals surface area contributed by atoms with Crippen LogP contribution in [0.25, 0.3) is 101 Å². The van der Waals surface area contributed by atoms with Gasteiger partial charge in [-0.05, 0) is 118 Å². The molecule has 3 heterocycles. The zero-order chi connectivity index (χ0) is 48.2. The van der Waals surface area contributed by atoms with Crippen LogP contribution in [-0.2, 0) is 30.9 Å². The largest absolute Gasteiger partial charge is 3.00 e. The van der Waals surface area contributed by atoms with Crippen molar-refractivity contribution in [2.75, 3.05) is 0 Å². The Hall–Kier alpha value is -6.88. The molecule has 0 bridgehead atoms. The number of hydrogen-bond acceptors (Lipinski definition) is 3. The molecule has 0 saturated carbocycles. The van der Waals surface area contributed by atoms with Crippen LogP contribution >= 0.6 is 15.9 Å². The molecule has 71 heavy (non-hydrogen) atoms. The third-order valence-corrected chi connectivity index (χ3v) is 16.1. The fraction of sp³-hybridized carbons (Fsp3) is 0.136. The fourth-order valence-electron chi connectivity index (χ4n) is 10.5. The van der Waals surface area contributed by atoms with E-state index in [-0.39, 0.29) is 36.4 Å². The van der Waals surface area contributed by atoms with Crippen LogP contribution in [-0.4, -0.2) is 15.0 Å². The quantitative estimate of drug-likeness (QED) is 0.135. The van der Waals surface area contributed by atoms with Gasteiger partial charge in [0, 0.05) is 18.6 Å². The standard InChI is InChI=1S/C66H51BrN3.Ir/c1-64(2)59-31-27-45(39-60(59)65(3,4)66(64,5)6)63-34-30-48(42-70-63)55-23-12-15-26-58(55)51-36-49(56-24-13-10-21-53(56)46-28-32-61(68-40-46)43-17-8-7-9-18-43)35-50(37-51)57-25-14-11-22-54(57)47-29-33-62(69-41-47)44-19-16-20-52(67)38-44;/h7-17,20-26,28-42H,1-6H3;/q-3;+3. The monoisotopic (exact) mass is 1160 g/mol. The van der Waals surface area contributed by atoms with Crippen molar-refractivity contribution in [3.63, 3.8) is 0 Å². The predicted molar refractivity (Wildman–Crippen MR) is 293 cm³/mol. The molecule has 0 unspecified atom stereocenters. The van der Waals surface area contributed by atoms with Gasteiger partial charge in [-0.25, -0.2) is 0 Å². The molecule has 0 aliphatic heterocycles. The number of fused-ring (bicyclic) bond motifs is 1. The smallest absolute Gasteiger partial charge is 0.304 e. The maximum absolute atomic E-state index is 5.13. The second-order valence-corrected chi connectivity index (χ2v) is 20.9. The first-order chi connectivity index (χ1) is 33.9. The molecule has 0 radical (unpaired) electrons. The van der Waals surface area contributed by atoms with Gasteiger partial charge >= 0.3 is 20.1 Å². The number of aromatic nitrogens is 3. The summed E-state index contributed by atoms with van der Waals surface area (Å²) in [5.41, 5.74) is 21.5. The van der Waals surface area contributed by atoms with E-state index in [0.717, 1.165) is 105 Å². The Morgan fingerprint density at radius 2 is 0.761 bits per heavy atom. The molecule has 3 aromatic heterocycles. The van der Waals surface area contributed by atoms with Crippen LogP contribution in [0.4, 0.5) is 0 Å². The molecule has 0 amide bonds. The van der Waals surface area contributed by atoms with Gasteiger partial charge in [-0.3, -0.25) is 0 Å². The zero-order valence-corrected chi connectivity index (χ0v) is 44.6. The van der Waals surface area contributed by atoms with Gasteiger partial charge in [-0.2, -0.15) is 0 Å². The summed E-state index contributed by atoms with van der Waals surface area (Å²) >= 11 is 3.61. The third kappa shape index (κ3) is 8.65. The molecule has 0 atom stereocenters. The molecule has 3 nitrogen and oxygen atoms in total. The van der Waals surface area contributed by atoms with Crippen molar-refractivity contribution in [1.29, 1.82) is 0 Å². The molecule has 1 aliphatic rings. The van der Waals surface area contributed by atoms with Crippen molar-refractivity contribution in [3.05, 3.63) is 234 Å². The predicted octanol–water partition coefficient (Wildman–Crippen LogP) is 17.6. The first kappa shape index (κ1) is 47.8. The molecule has 5 heteroatoms. The zero-order valence-electron chi connectivity index (χ0n) is 40.6. The first-order valence-corrected chi connectivity index (χ1v) is 24.7. The number of halogens is 1. The van der Waals surface area contributed by atoms with Gasteiger partial charge in [0.2, 0.25) is 0 Å². The number of benzene rings is 7. The van der Waals surface area contributed by atoms with E-state index >= 15 is 0 Å². The van der Waals surface area contributed by atoms with E-state index < -0.39 is 0 Å². The molecule has 11 rings (SSSR count). The van der Waals surface area contributed by atoms with Crippen LogP contribution < -0.4 is 0 Å². The normalized spacial score (nSPS) is 14.1. The number of hydrogen-bond donors (Lipinski definition) is 0. The van der Waals surface area contributed by atoms with E-state index in [1.807, 2.05) is 61.1 Å². The number of pyridine rings is 3. The SMILES string of the molecule is CC1(C)c2c[c-]c(-c3ccc(-c4ccccc4-c4cc(-c5ccccc5-c5ccc(-c6[c-]cccc6)nc5)cc(-c5ccccc5-c5ccc(-c6[c-]ccc(Br)c6)nc5)c4)cn3)cc2C(C)(C)C1(C)C.[Ir+3]. The molecule has 0 N–H and O–H groups in total. The molecule has 7 aromatic carbocycles. The minimum Gasteiger partial charge on any atom is -0.304 e. The maximum atomic E-state index is 5.13. The topological polar surface area (TPSA) is 38.7 Å². The van der Waals surface area contributed by atoms with Gasteiger partial charge in [-0.1, -0.05) is 171 Å². The minimum absolute atomic E-state index is 0. The van der Waals surface area contributed by atoms with Gasteiger partial charge in [0.05, 0.1) is 0 Å². The molecule has 1 aliphatic carbocycles. The van der Waals surface area contributed by atoms with E-state index in [1.165, 1.54) is 11.1 Å². The van der Waals surface area contributed by atoms with E-state index in [1.54, 1.807) is 0 Å².